The van der Waals surface area contributed by atoms with Gasteiger partial charge in [0, 0.05) is 5.88 Å². The van der Waals surface area contributed by atoms with Crippen molar-refractivity contribution in [3.63, 3.8) is 0 Å². The molecule has 0 aliphatic heterocycles. The van der Waals surface area contributed by atoms with E-state index in [0.29, 0.717) is 11.4 Å². The second kappa shape index (κ2) is 3.41. The Morgan fingerprint density at radius 2 is 2.27 bits per heavy atom. The normalized spacial score (nSPS) is 9.18. The number of alkyl halides is 1. The summed E-state index contributed by atoms with van der Waals surface area (Å²) >= 11 is 5.66. The van der Waals surface area contributed by atoms with Crippen LogP contribution in [0.1, 0.15) is 16.7 Å². The number of aryl methyl sites for hydroxylation is 1. The van der Waals surface area contributed by atoms with Crippen molar-refractivity contribution in [1.29, 1.82) is 5.26 Å². The Kier molecular flexibility index (Phi) is 2.51. The summed E-state index contributed by atoms with van der Waals surface area (Å²) < 4.78 is 0. The van der Waals surface area contributed by atoms with Gasteiger partial charge in [-0.3, -0.25) is 0 Å². The van der Waals surface area contributed by atoms with Crippen LogP contribution in [0.5, 0.6) is 0 Å². The van der Waals surface area contributed by atoms with Gasteiger partial charge in [-0.15, -0.1) is 11.6 Å². The van der Waals surface area contributed by atoms with Gasteiger partial charge >= 0.3 is 0 Å². The van der Waals surface area contributed by atoms with Gasteiger partial charge < -0.3 is 0 Å². The molecule has 0 saturated carbocycles. The Morgan fingerprint density at radius 3 is 2.73 bits per heavy atom. The highest BCUT2D eigenvalue weighted by Gasteiger charge is 2.01. The van der Waals surface area contributed by atoms with Crippen LogP contribution in [-0.2, 0) is 5.88 Å². The molecule has 1 rings (SSSR count). The van der Waals surface area contributed by atoms with E-state index in [4.69, 9.17) is 16.9 Å². The fourth-order valence-corrected chi connectivity index (χ4v) is 1.34. The summed E-state index contributed by atoms with van der Waals surface area (Å²) in [5.74, 6) is 0.412. The molecule has 0 heterocycles. The van der Waals surface area contributed by atoms with Crippen molar-refractivity contribution in [1.82, 2.24) is 0 Å². The summed E-state index contributed by atoms with van der Waals surface area (Å²) in [4.78, 5) is 0. The quantitative estimate of drug-likeness (QED) is 0.587. The predicted octanol–water partition coefficient (Wildman–Crippen LogP) is 2.61. The second-order valence-corrected chi connectivity index (χ2v) is 2.61. The molecule has 0 amide bonds. The first-order chi connectivity index (χ1) is 5.29. The lowest BCUT2D eigenvalue weighted by Gasteiger charge is -2.01. The van der Waals surface area contributed by atoms with Crippen LogP contribution in [0.2, 0.25) is 0 Å². The predicted molar refractivity (Wildman–Crippen MR) is 45.5 cm³/mol. The van der Waals surface area contributed by atoms with Crippen molar-refractivity contribution in [2.24, 2.45) is 0 Å². The Labute approximate surface area is 71.2 Å². The lowest BCUT2D eigenvalue weighted by Crippen LogP contribution is -1.89. The largest absolute Gasteiger partial charge is 0.192 e. The van der Waals surface area contributed by atoms with Crippen LogP contribution in [0, 0.1) is 18.3 Å². The number of nitriles is 1. The Hall–Kier alpha value is -1.00. The van der Waals surface area contributed by atoms with E-state index >= 15 is 0 Å². The molecule has 0 atom stereocenters. The topological polar surface area (TPSA) is 23.8 Å². The fourth-order valence-electron chi connectivity index (χ4n) is 0.984. The van der Waals surface area contributed by atoms with Crippen molar-refractivity contribution in [3.05, 3.63) is 34.9 Å². The fraction of sp³-hybridized carbons (Fsp3) is 0.222. The highest BCUT2D eigenvalue weighted by Crippen LogP contribution is 2.15. The highest BCUT2D eigenvalue weighted by atomic mass is 35.5. The van der Waals surface area contributed by atoms with Gasteiger partial charge in [-0.2, -0.15) is 5.26 Å². The molecule has 1 aromatic rings. The molecule has 2 heteroatoms. The molecule has 0 aliphatic carbocycles. The third-order valence-electron chi connectivity index (χ3n) is 1.66. The van der Waals surface area contributed by atoms with Crippen LogP contribution in [0.15, 0.2) is 18.2 Å². The van der Waals surface area contributed by atoms with Crippen LogP contribution in [0.4, 0.5) is 0 Å². The van der Waals surface area contributed by atoms with E-state index < -0.39 is 0 Å². The summed E-state index contributed by atoms with van der Waals surface area (Å²) in [5, 5.41) is 8.67. The molecule has 1 nitrogen and oxygen atoms in total. The number of hydrogen-bond acceptors (Lipinski definition) is 1. The maximum absolute atomic E-state index is 8.67. The third kappa shape index (κ3) is 1.53. The SMILES string of the molecule is Cc1cccc(C#N)c1CCl. The lowest BCUT2D eigenvalue weighted by atomic mass is 10.0. The summed E-state index contributed by atoms with van der Waals surface area (Å²) in [6.07, 6.45) is 0. The van der Waals surface area contributed by atoms with E-state index in [1.54, 1.807) is 6.07 Å². The van der Waals surface area contributed by atoms with Crippen LogP contribution < -0.4 is 0 Å². The molecule has 0 radical (unpaired) electrons. The van der Waals surface area contributed by atoms with E-state index in [1.165, 1.54) is 0 Å². The van der Waals surface area contributed by atoms with Crippen molar-refractivity contribution in [2.75, 3.05) is 0 Å². The summed E-state index contributed by atoms with van der Waals surface area (Å²) in [5.41, 5.74) is 2.70. The minimum Gasteiger partial charge on any atom is -0.192 e. The second-order valence-electron chi connectivity index (χ2n) is 2.35. The molecule has 0 spiro atoms. The zero-order valence-electron chi connectivity index (χ0n) is 6.26. The van der Waals surface area contributed by atoms with Gasteiger partial charge in [0.1, 0.15) is 0 Å². The first kappa shape index (κ1) is 8.10. The number of halogens is 1. The molecular weight excluding hydrogens is 158 g/mol. The molecule has 0 aromatic heterocycles. The first-order valence-corrected chi connectivity index (χ1v) is 3.87. The first-order valence-electron chi connectivity index (χ1n) is 3.34. The van der Waals surface area contributed by atoms with Gasteiger partial charge in [0.2, 0.25) is 0 Å². The number of rotatable bonds is 1. The molecule has 1 aromatic carbocycles. The van der Waals surface area contributed by atoms with Crippen LogP contribution in [0.3, 0.4) is 0 Å². The zero-order chi connectivity index (χ0) is 8.27. The van der Waals surface area contributed by atoms with Gasteiger partial charge in [-0.25, -0.2) is 0 Å². The maximum atomic E-state index is 8.67. The smallest absolute Gasteiger partial charge is 0.0995 e. The third-order valence-corrected chi connectivity index (χ3v) is 1.93. The van der Waals surface area contributed by atoms with Gasteiger partial charge in [0.15, 0.2) is 0 Å². The summed E-state index contributed by atoms with van der Waals surface area (Å²) in [6.45, 7) is 1.96. The van der Waals surface area contributed by atoms with Gasteiger partial charge in [-0.05, 0) is 24.1 Å². The molecule has 0 saturated heterocycles. The van der Waals surface area contributed by atoms with E-state index in [2.05, 4.69) is 6.07 Å². The van der Waals surface area contributed by atoms with Crippen LogP contribution in [-0.4, -0.2) is 0 Å². The molecule has 0 unspecified atom stereocenters. The van der Waals surface area contributed by atoms with E-state index in [1.807, 2.05) is 19.1 Å². The van der Waals surface area contributed by atoms with E-state index in [9.17, 15) is 0 Å². The van der Waals surface area contributed by atoms with Crippen LogP contribution in [0.25, 0.3) is 0 Å². The molecule has 0 fully saturated rings. The number of nitrogens with zero attached hydrogens (tertiary/aromatic N) is 1. The van der Waals surface area contributed by atoms with Crippen molar-refractivity contribution in [2.45, 2.75) is 12.8 Å². The Morgan fingerprint density at radius 1 is 1.55 bits per heavy atom. The average Bonchev–Trinajstić information content (AvgIpc) is 2.04. The van der Waals surface area contributed by atoms with E-state index in [-0.39, 0.29) is 0 Å². The van der Waals surface area contributed by atoms with Crippen LogP contribution >= 0.6 is 11.6 Å². The van der Waals surface area contributed by atoms with Gasteiger partial charge in [0.25, 0.3) is 0 Å². The Bertz CT molecular complexity index is 299. The van der Waals surface area contributed by atoms with Gasteiger partial charge in [-0.1, -0.05) is 12.1 Å². The zero-order valence-corrected chi connectivity index (χ0v) is 7.02. The number of benzene rings is 1. The lowest BCUT2D eigenvalue weighted by molar-refractivity contribution is 1.27. The molecule has 0 bridgehead atoms. The highest BCUT2D eigenvalue weighted by molar-refractivity contribution is 6.17. The minimum absolute atomic E-state index is 0.412. The maximum Gasteiger partial charge on any atom is 0.0995 e. The summed E-state index contributed by atoms with van der Waals surface area (Å²) in [6, 6.07) is 7.71. The van der Waals surface area contributed by atoms with Gasteiger partial charge in [0.05, 0.1) is 11.6 Å². The average molecular weight is 166 g/mol. The minimum atomic E-state index is 0.412. The van der Waals surface area contributed by atoms with Crippen molar-refractivity contribution in [3.8, 4) is 6.07 Å². The summed E-state index contributed by atoms with van der Waals surface area (Å²) in [7, 11) is 0. The standard InChI is InChI=1S/C9H8ClN/c1-7-3-2-4-8(6-11)9(7)5-10/h2-4H,5H2,1H3. The monoisotopic (exact) mass is 165 g/mol. The molecule has 56 valence electrons. The van der Waals surface area contributed by atoms with E-state index in [0.717, 1.165) is 11.1 Å². The molecule has 0 aliphatic rings. The van der Waals surface area contributed by atoms with Crippen molar-refractivity contribution >= 4 is 11.6 Å². The number of hydrogen-bond donors (Lipinski definition) is 0. The van der Waals surface area contributed by atoms with Crippen molar-refractivity contribution < 1.29 is 0 Å². The molecular formula is C9H8ClN. The molecule has 11 heavy (non-hydrogen) atoms. The Balaban J connectivity index is 3.27. The molecule has 0 N–H and O–H groups in total.